The molecule has 15 rings (SSSR count). The molecule has 1 unspecified atom stereocenters. The van der Waals surface area contributed by atoms with Gasteiger partial charge in [-0.3, -0.25) is 0 Å². The molecule has 1 aliphatic carbocycles. The Hall–Kier alpha value is -11.2. The van der Waals surface area contributed by atoms with E-state index in [2.05, 4.69) is 279 Å². The monoisotopic (exact) mass is 1090 g/mol. The van der Waals surface area contributed by atoms with Crippen LogP contribution in [-0.2, 0) is 0 Å². The first kappa shape index (κ1) is 50.7. The van der Waals surface area contributed by atoms with E-state index in [1.807, 2.05) is 24.3 Å². The number of para-hydroxylation sites is 1. The zero-order valence-electron chi connectivity index (χ0n) is 46.3. The van der Waals surface area contributed by atoms with Gasteiger partial charge in [-0.05, 0) is 105 Å². The van der Waals surface area contributed by atoms with Gasteiger partial charge in [0.2, 0.25) is 0 Å². The van der Waals surface area contributed by atoms with E-state index in [1.54, 1.807) is 0 Å². The Kier molecular flexibility index (Phi) is 13.3. The summed E-state index contributed by atoms with van der Waals surface area (Å²) >= 11 is 0. The minimum atomic E-state index is -0.0623. The first-order valence-corrected chi connectivity index (χ1v) is 28.8. The van der Waals surface area contributed by atoms with Crippen molar-refractivity contribution in [2.45, 2.75) is 12.3 Å². The lowest BCUT2D eigenvalue weighted by Gasteiger charge is -2.18. The van der Waals surface area contributed by atoms with Crippen molar-refractivity contribution < 1.29 is 4.42 Å². The van der Waals surface area contributed by atoms with Crippen LogP contribution in [0.5, 0.6) is 0 Å². The van der Waals surface area contributed by atoms with E-state index in [0.717, 1.165) is 135 Å². The summed E-state index contributed by atoms with van der Waals surface area (Å²) in [6.45, 7) is 0. The summed E-state index contributed by atoms with van der Waals surface area (Å²) < 4.78 is 7.21. The fourth-order valence-electron chi connectivity index (χ4n) is 11.8. The standard InChI is InChI=1S/C79H53N5O/c1-5-21-52(22-6-1)56-29-13-35-62(45-56)72-51-73(63-36-14-30-57(46-63)53-23-7-2-8-24-53)81-76(80-72)66-39-17-33-60(49-66)68-41-19-43-70-71-44-20-42-69(75(71)85-74(68)70)61-34-18-40-67(50-61)79-83-77(64-37-15-31-58(47-64)54-25-9-3-10-26-54)82-78(84-79)65-38-16-32-59(48-65)55-27-11-4-12-28-55/h1-41,43-51,69H,42H2. The van der Waals surface area contributed by atoms with Gasteiger partial charge in [-0.15, -0.1) is 0 Å². The Morgan fingerprint density at radius 3 is 1.11 bits per heavy atom. The number of fused-ring (bicyclic) bond motifs is 3. The number of benzene rings is 11. The highest BCUT2D eigenvalue weighted by Gasteiger charge is 2.28. The fraction of sp³-hybridized carbons (Fsp3) is 0.0253. The van der Waals surface area contributed by atoms with E-state index in [9.17, 15) is 0 Å². The van der Waals surface area contributed by atoms with Gasteiger partial charge in [-0.1, -0.05) is 261 Å². The number of rotatable bonds is 12. The maximum Gasteiger partial charge on any atom is 0.164 e. The molecule has 14 aromatic rings. The molecule has 0 aliphatic heterocycles. The van der Waals surface area contributed by atoms with E-state index in [0.29, 0.717) is 23.3 Å². The molecule has 0 saturated heterocycles. The molecule has 0 saturated carbocycles. The van der Waals surface area contributed by atoms with Gasteiger partial charge in [0.15, 0.2) is 23.3 Å². The lowest BCUT2D eigenvalue weighted by Crippen LogP contribution is -2.05. The molecule has 6 heteroatoms. The van der Waals surface area contributed by atoms with Crippen LogP contribution in [0.3, 0.4) is 0 Å². The Bertz CT molecular complexity index is 4600. The van der Waals surface area contributed by atoms with Crippen molar-refractivity contribution in [1.29, 1.82) is 0 Å². The number of furan rings is 1. The third kappa shape index (κ3) is 10.2. The van der Waals surface area contributed by atoms with E-state index >= 15 is 0 Å². The van der Waals surface area contributed by atoms with Crippen LogP contribution in [0.1, 0.15) is 29.2 Å². The van der Waals surface area contributed by atoms with Crippen molar-refractivity contribution in [3.63, 3.8) is 0 Å². The van der Waals surface area contributed by atoms with Gasteiger partial charge in [-0.2, -0.15) is 0 Å². The maximum atomic E-state index is 7.21. The van der Waals surface area contributed by atoms with Crippen LogP contribution in [0.15, 0.2) is 302 Å². The molecule has 11 aromatic carbocycles. The number of nitrogens with zero attached hydrogens (tertiary/aromatic N) is 5. The Labute approximate surface area is 493 Å². The van der Waals surface area contributed by atoms with Crippen molar-refractivity contribution in [3.05, 3.63) is 314 Å². The summed E-state index contributed by atoms with van der Waals surface area (Å²) in [5.41, 5.74) is 21.4. The Balaban J connectivity index is 0.800. The molecule has 0 amide bonds. The van der Waals surface area contributed by atoms with Gasteiger partial charge in [0.05, 0.1) is 11.4 Å². The van der Waals surface area contributed by atoms with Crippen molar-refractivity contribution in [3.8, 4) is 124 Å². The molecule has 0 fully saturated rings. The van der Waals surface area contributed by atoms with E-state index in [4.69, 9.17) is 29.3 Å². The van der Waals surface area contributed by atoms with Crippen LogP contribution in [-0.4, -0.2) is 24.9 Å². The maximum absolute atomic E-state index is 7.21. The molecule has 85 heavy (non-hydrogen) atoms. The summed E-state index contributed by atoms with van der Waals surface area (Å²) in [4.78, 5) is 26.4. The predicted molar refractivity (Wildman–Crippen MR) is 347 cm³/mol. The van der Waals surface area contributed by atoms with Gasteiger partial charge in [0.25, 0.3) is 0 Å². The summed E-state index contributed by atoms with van der Waals surface area (Å²) in [7, 11) is 0. The van der Waals surface area contributed by atoms with Crippen LogP contribution < -0.4 is 0 Å². The molecule has 3 aromatic heterocycles. The number of aromatic nitrogens is 5. The Morgan fingerprint density at radius 2 is 0.635 bits per heavy atom. The highest BCUT2D eigenvalue weighted by Crippen LogP contribution is 2.45. The molecule has 0 bridgehead atoms. The predicted octanol–water partition coefficient (Wildman–Crippen LogP) is 20.3. The smallest absolute Gasteiger partial charge is 0.164 e. The molecule has 6 nitrogen and oxygen atoms in total. The largest absolute Gasteiger partial charge is 0.459 e. The van der Waals surface area contributed by atoms with Gasteiger partial charge < -0.3 is 4.42 Å². The highest BCUT2D eigenvalue weighted by molar-refractivity contribution is 5.99. The highest BCUT2D eigenvalue weighted by atomic mass is 16.3. The summed E-state index contributed by atoms with van der Waals surface area (Å²) in [6, 6.07) is 102. The topological polar surface area (TPSA) is 77.6 Å². The van der Waals surface area contributed by atoms with Gasteiger partial charge in [0.1, 0.15) is 11.3 Å². The van der Waals surface area contributed by atoms with E-state index in [-0.39, 0.29) is 5.92 Å². The average molecular weight is 1090 g/mol. The summed E-state index contributed by atoms with van der Waals surface area (Å²) in [5, 5.41) is 1.06. The van der Waals surface area contributed by atoms with Crippen LogP contribution >= 0.6 is 0 Å². The van der Waals surface area contributed by atoms with Crippen LogP contribution in [0.4, 0.5) is 0 Å². The minimum absolute atomic E-state index is 0.0623. The molecular formula is C79H53N5O. The van der Waals surface area contributed by atoms with Crippen molar-refractivity contribution in [2.24, 2.45) is 0 Å². The van der Waals surface area contributed by atoms with Crippen LogP contribution in [0.25, 0.3) is 141 Å². The van der Waals surface area contributed by atoms with Crippen molar-refractivity contribution in [1.82, 2.24) is 24.9 Å². The molecular weight excluding hydrogens is 1030 g/mol. The van der Waals surface area contributed by atoms with Gasteiger partial charge >= 0.3 is 0 Å². The molecule has 0 N–H and O–H groups in total. The molecule has 1 aliphatic rings. The van der Waals surface area contributed by atoms with Crippen molar-refractivity contribution >= 4 is 17.0 Å². The first-order chi connectivity index (χ1) is 42.1. The van der Waals surface area contributed by atoms with Gasteiger partial charge in [-0.25, -0.2) is 24.9 Å². The third-order valence-corrected chi connectivity index (χ3v) is 16.1. The minimum Gasteiger partial charge on any atom is -0.459 e. The second-order valence-electron chi connectivity index (χ2n) is 21.5. The number of allylic oxidation sites excluding steroid dienone is 1. The zero-order valence-corrected chi connectivity index (χ0v) is 46.3. The molecule has 0 radical (unpaired) electrons. The molecule has 400 valence electrons. The molecule has 3 heterocycles. The summed E-state index contributed by atoms with van der Waals surface area (Å²) in [6.07, 6.45) is 5.26. The Morgan fingerprint density at radius 1 is 0.282 bits per heavy atom. The zero-order chi connectivity index (χ0) is 56.5. The van der Waals surface area contributed by atoms with Crippen LogP contribution in [0.2, 0.25) is 0 Å². The van der Waals surface area contributed by atoms with Crippen molar-refractivity contribution in [2.75, 3.05) is 0 Å². The number of hydrogen-bond donors (Lipinski definition) is 0. The quantitative estimate of drug-likeness (QED) is 0.121. The second-order valence-corrected chi connectivity index (χ2v) is 21.5. The van der Waals surface area contributed by atoms with E-state index in [1.165, 1.54) is 0 Å². The fourth-order valence-corrected chi connectivity index (χ4v) is 11.8. The molecule has 1 atom stereocenters. The van der Waals surface area contributed by atoms with E-state index < -0.39 is 0 Å². The second kappa shape index (κ2) is 22.3. The average Bonchev–Trinajstić information content (AvgIpc) is 2.19. The third-order valence-electron chi connectivity index (χ3n) is 16.1. The molecule has 0 spiro atoms. The summed E-state index contributed by atoms with van der Waals surface area (Å²) in [5.74, 6) is 3.31. The van der Waals surface area contributed by atoms with Crippen LogP contribution in [0, 0.1) is 0 Å². The lowest BCUT2D eigenvalue weighted by atomic mass is 9.86. The number of hydrogen-bond acceptors (Lipinski definition) is 6. The SMILES string of the molecule is C1=Cc2c(oc3c(-c4cccc(-c5nc(-c6cccc(-c7ccccc7)c6)cc(-c6cccc(-c7ccccc7)c6)n5)c4)cccc23)C(c2cccc(-c3nc(-c4cccc(-c5ccccc5)c4)nc(-c4cccc(-c5ccccc5)c4)n3)c2)C1. The lowest BCUT2D eigenvalue weighted by molar-refractivity contribution is 0.517. The first-order valence-electron chi connectivity index (χ1n) is 28.8. The van der Waals surface area contributed by atoms with Gasteiger partial charge in [0, 0.05) is 55.8 Å². The normalized spacial score (nSPS) is 12.7.